The fourth-order valence-corrected chi connectivity index (χ4v) is 2.64. The Balaban J connectivity index is 2.09. The van der Waals surface area contributed by atoms with Crippen molar-refractivity contribution in [3.63, 3.8) is 0 Å². The van der Waals surface area contributed by atoms with Crippen LogP contribution >= 0.6 is 0 Å². The first-order valence-corrected chi connectivity index (χ1v) is 7.77. The van der Waals surface area contributed by atoms with Crippen molar-refractivity contribution in [3.05, 3.63) is 65.7 Å². The number of hydrogen-bond donors (Lipinski definition) is 2. The minimum atomic E-state index is -0.499. The van der Waals surface area contributed by atoms with Crippen LogP contribution in [0.25, 0.3) is 10.8 Å². The maximum Gasteiger partial charge on any atom is 0.308 e. The molecule has 0 heterocycles. The number of carbonyl (C=O) groups is 2. The predicted octanol–water partition coefficient (Wildman–Crippen LogP) is 4.03. The molecule has 5 heteroatoms. The van der Waals surface area contributed by atoms with E-state index in [2.05, 4.69) is 5.32 Å². The minimum absolute atomic E-state index is 0.0400. The summed E-state index contributed by atoms with van der Waals surface area (Å²) in [6, 6.07) is 15.6. The summed E-state index contributed by atoms with van der Waals surface area (Å²) < 4.78 is 5.22. The van der Waals surface area contributed by atoms with Crippen LogP contribution in [0.1, 0.15) is 22.8 Å². The van der Waals surface area contributed by atoms with Gasteiger partial charge in [-0.2, -0.15) is 0 Å². The van der Waals surface area contributed by atoms with Crippen LogP contribution in [0, 0.1) is 6.92 Å². The lowest BCUT2D eigenvalue weighted by Gasteiger charge is -2.13. The zero-order valence-corrected chi connectivity index (χ0v) is 13.9. The molecule has 3 aromatic carbocycles. The quantitative estimate of drug-likeness (QED) is 0.560. The minimum Gasteiger partial charge on any atom is -0.506 e. The third-order valence-corrected chi connectivity index (χ3v) is 3.87. The van der Waals surface area contributed by atoms with E-state index < -0.39 is 11.9 Å². The van der Waals surface area contributed by atoms with E-state index >= 15 is 0 Å². The van der Waals surface area contributed by atoms with Crippen LogP contribution < -0.4 is 10.1 Å². The number of amides is 1. The molecule has 2 N–H and O–H groups in total. The second-order valence-corrected chi connectivity index (χ2v) is 5.68. The largest absolute Gasteiger partial charge is 0.506 e. The van der Waals surface area contributed by atoms with E-state index in [1.165, 1.54) is 13.0 Å². The van der Waals surface area contributed by atoms with Crippen molar-refractivity contribution in [1.29, 1.82) is 0 Å². The van der Waals surface area contributed by atoms with E-state index in [-0.39, 0.29) is 17.1 Å². The summed E-state index contributed by atoms with van der Waals surface area (Å²) in [5.41, 5.74) is 1.59. The number of carbonyl (C=O) groups excluding carboxylic acids is 2. The fourth-order valence-electron chi connectivity index (χ4n) is 2.64. The Hall–Kier alpha value is -3.34. The zero-order valence-electron chi connectivity index (χ0n) is 13.9. The summed E-state index contributed by atoms with van der Waals surface area (Å²) in [6.45, 7) is 3.16. The second-order valence-electron chi connectivity index (χ2n) is 5.68. The molecular weight excluding hydrogens is 318 g/mol. The number of rotatable bonds is 3. The van der Waals surface area contributed by atoms with E-state index in [0.29, 0.717) is 16.5 Å². The lowest BCUT2D eigenvalue weighted by molar-refractivity contribution is -0.131. The highest BCUT2D eigenvalue weighted by Crippen LogP contribution is 2.36. The lowest BCUT2D eigenvalue weighted by Crippen LogP contribution is -2.14. The van der Waals surface area contributed by atoms with E-state index in [1.807, 2.05) is 25.1 Å². The summed E-state index contributed by atoms with van der Waals surface area (Å²) in [5.74, 6) is -0.902. The van der Waals surface area contributed by atoms with E-state index in [0.717, 1.165) is 5.56 Å². The molecule has 1 amide bonds. The van der Waals surface area contributed by atoms with Gasteiger partial charge in [0.25, 0.3) is 5.91 Å². The van der Waals surface area contributed by atoms with Gasteiger partial charge in [0, 0.05) is 23.4 Å². The summed E-state index contributed by atoms with van der Waals surface area (Å²) in [5, 5.41) is 14.3. The van der Waals surface area contributed by atoms with Gasteiger partial charge in [-0.15, -0.1) is 0 Å². The maximum absolute atomic E-state index is 12.7. The number of aryl methyl sites for hydroxylation is 1. The number of fused-ring (bicyclic) bond motifs is 1. The Morgan fingerprint density at radius 2 is 1.64 bits per heavy atom. The molecule has 0 spiro atoms. The van der Waals surface area contributed by atoms with Gasteiger partial charge in [-0.05, 0) is 24.6 Å². The topological polar surface area (TPSA) is 75.6 Å². The van der Waals surface area contributed by atoms with Crippen molar-refractivity contribution in [3.8, 4) is 11.5 Å². The van der Waals surface area contributed by atoms with Gasteiger partial charge in [-0.1, -0.05) is 42.5 Å². The van der Waals surface area contributed by atoms with Crippen LogP contribution in [-0.4, -0.2) is 17.0 Å². The first-order valence-electron chi connectivity index (χ1n) is 7.77. The molecule has 25 heavy (non-hydrogen) atoms. The summed E-state index contributed by atoms with van der Waals surface area (Å²) in [7, 11) is 0. The standard InChI is InChI=1S/C20H17NO4/c1-12-7-3-6-10-17(12)21-20(24)16-11-18(25-13(2)22)14-8-4-5-9-15(14)19(16)23/h3-11,23H,1-2H3,(H,21,24). The predicted molar refractivity (Wildman–Crippen MR) is 96.1 cm³/mol. The Labute approximate surface area is 144 Å². The highest BCUT2D eigenvalue weighted by Gasteiger charge is 2.19. The maximum atomic E-state index is 12.7. The molecule has 3 aromatic rings. The van der Waals surface area contributed by atoms with Crippen LogP contribution in [0.5, 0.6) is 11.5 Å². The Morgan fingerprint density at radius 3 is 2.32 bits per heavy atom. The fraction of sp³-hybridized carbons (Fsp3) is 0.100. The van der Waals surface area contributed by atoms with Crippen LogP contribution in [0.4, 0.5) is 5.69 Å². The smallest absolute Gasteiger partial charge is 0.308 e. The Morgan fingerprint density at radius 1 is 1.00 bits per heavy atom. The van der Waals surface area contributed by atoms with Gasteiger partial charge in [-0.3, -0.25) is 9.59 Å². The number of phenolic OH excluding ortho intramolecular Hbond substituents is 1. The molecule has 0 saturated heterocycles. The molecule has 0 saturated carbocycles. The molecular formula is C20H17NO4. The monoisotopic (exact) mass is 335 g/mol. The van der Waals surface area contributed by atoms with Gasteiger partial charge in [0.05, 0.1) is 5.56 Å². The highest BCUT2D eigenvalue weighted by molar-refractivity contribution is 6.11. The van der Waals surface area contributed by atoms with Crippen molar-refractivity contribution >= 4 is 28.3 Å². The first-order chi connectivity index (χ1) is 12.0. The van der Waals surface area contributed by atoms with Crippen molar-refractivity contribution in [1.82, 2.24) is 0 Å². The van der Waals surface area contributed by atoms with E-state index in [9.17, 15) is 14.7 Å². The molecule has 0 radical (unpaired) electrons. The zero-order chi connectivity index (χ0) is 18.0. The van der Waals surface area contributed by atoms with Crippen LogP contribution in [0.2, 0.25) is 0 Å². The number of anilines is 1. The number of hydrogen-bond acceptors (Lipinski definition) is 4. The molecule has 0 bridgehead atoms. The van der Waals surface area contributed by atoms with Gasteiger partial charge in [0.2, 0.25) is 0 Å². The van der Waals surface area contributed by atoms with Gasteiger partial charge in [-0.25, -0.2) is 0 Å². The molecule has 3 rings (SSSR count). The third-order valence-electron chi connectivity index (χ3n) is 3.87. The van der Waals surface area contributed by atoms with Crippen molar-refractivity contribution < 1.29 is 19.4 Å². The third kappa shape index (κ3) is 3.30. The van der Waals surface area contributed by atoms with Crippen molar-refractivity contribution in [2.75, 3.05) is 5.32 Å². The van der Waals surface area contributed by atoms with Gasteiger partial charge in [0.15, 0.2) is 0 Å². The molecule has 0 aliphatic heterocycles. The van der Waals surface area contributed by atoms with Crippen LogP contribution in [0.3, 0.4) is 0 Å². The molecule has 5 nitrogen and oxygen atoms in total. The van der Waals surface area contributed by atoms with E-state index in [1.54, 1.807) is 30.3 Å². The summed E-state index contributed by atoms with van der Waals surface area (Å²) >= 11 is 0. The first kappa shape index (κ1) is 16.5. The number of esters is 1. The van der Waals surface area contributed by atoms with Gasteiger partial charge < -0.3 is 15.2 Å². The molecule has 0 aromatic heterocycles. The average Bonchev–Trinajstić information content (AvgIpc) is 2.59. The SMILES string of the molecule is CC(=O)Oc1cc(C(=O)Nc2ccccc2C)c(O)c2ccccc12. The number of benzene rings is 3. The van der Waals surface area contributed by atoms with Crippen molar-refractivity contribution in [2.45, 2.75) is 13.8 Å². The molecule has 0 aliphatic carbocycles. The molecule has 0 aliphatic rings. The Kier molecular flexibility index (Phi) is 4.39. The molecule has 0 unspecified atom stereocenters. The Bertz CT molecular complexity index is 979. The molecule has 0 atom stereocenters. The number of para-hydroxylation sites is 1. The average molecular weight is 335 g/mol. The summed E-state index contributed by atoms with van der Waals surface area (Å²) in [6.07, 6.45) is 0. The summed E-state index contributed by atoms with van der Waals surface area (Å²) in [4.78, 5) is 24.0. The molecule has 126 valence electrons. The number of ether oxygens (including phenoxy) is 1. The second kappa shape index (κ2) is 6.65. The molecule has 0 fully saturated rings. The van der Waals surface area contributed by atoms with E-state index in [4.69, 9.17) is 4.74 Å². The number of phenols is 1. The van der Waals surface area contributed by atoms with Crippen LogP contribution in [-0.2, 0) is 4.79 Å². The van der Waals surface area contributed by atoms with Crippen LogP contribution in [0.15, 0.2) is 54.6 Å². The van der Waals surface area contributed by atoms with Crippen molar-refractivity contribution in [2.24, 2.45) is 0 Å². The van der Waals surface area contributed by atoms with Gasteiger partial charge in [0.1, 0.15) is 11.5 Å². The number of aromatic hydroxyl groups is 1. The van der Waals surface area contributed by atoms with Gasteiger partial charge >= 0.3 is 5.97 Å². The number of nitrogens with one attached hydrogen (secondary N) is 1. The normalized spacial score (nSPS) is 10.5. The lowest BCUT2D eigenvalue weighted by atomic mass is 10.0. The highest BCUT2D eigenvalue weighted by atomic mass is 16.5.